The molecule has 2 rings (SSSR count). The molecule has 0 saturated carbocycles. The molecule has 1 aromatic carbocycles. The zero-order chi connectivity index (χ0) is 12.0. The molecule has 0 unspecified atom stereocenters. The number of benzene rings is 1. The van der Waals surface area contributed by atoms with Crippen LogP contribution in [0.2, 0.25) is 0 Å². The molecule has 0 atom stereocenters. The van der Waals surface area contributed by atoms with Gasteiger partial charge in [0.2, 0.25) is 0 Å². The van der Waals surface area contributed by atoms with Crippen molar-refractivity contribution in [3.63, 3.8) is 0 Å². The number of aryl methyl sites for hydroxylation is 1. The molecule has 0 radical (unpaired) electrons. The van der Waals surface area contributed by atoms with Gasteiger partial charge in [0.05, 0.1) is 17.6 Å². The molecular formula is C13H20N2O. The molecule has 0 aliphatic carbocycles. The smallest absolute Gasteiger partial charge is 0.112 e. The lowest BCUT2D eigenvalue weighted by molar-refractivity contribution is 0.295. The van der Waals surface area contributed by atoms with Crippen molar-refractivity contribution in [2.75, 3.05) is 6.61 Å². The average Bonchev–Trinajstić information content (AvgIpc) is 2.69. The molecule has 0 fully saturated rings. The number of para-hydroxylation sites is 2. The van der Waals surface area contributed by atoms with E-state index in [-0.39, 0.29) is 6.61 Å². The van der Waals surface area contributed by atoms with Gasteiger partial charge in [-0.05, 0) is 19.1 Å². The molecule has 0 spiro atoms. The van der Waals surface area contributed by atoms with Crippen LogP contribution in [0.4, 0.5) is 0 Å². The maximum atomic E-state index is 8.91. The van der Waals surface area contributed by atoms with Crippen LogP contribution in [0.15, 0.2) is 24.3 Å². The zero-order valence-corrected chi connectivity index (χ0v) is 10.3. The van der Waals surface area contributed by atoms with Crippen LogP contribution in [0, 0.1) is 0 Å². The topological polar surface area (TPSA) is 38.0 Å². The molecule has 0 amide bonds. The summed E-state index contributed by atoms with van der Waals surface area (Å²) in [5, 5.41) is 8.91. The number of hydrogen-bond donors (Lipinski definition) is 1. The van der Waals surface area contributed by atoms with Crippen molar-refractivity contribution >= 4 is 11.0 Å². The van der Waals surface area contributed by atoms with Crippen LogP contribution in [0.3, 0.4) is 0 Å². The molecule has 16 heavy (non-hydrogen) atoms. The van der Waals surface area contributed by atoms with Crippen LogP contribution < -0.4 is 0 Å². The van der Waals surface area contributed by atoms with Crippen molar-refractivity contribution < 1.29 is 5.11 Å². The lowest BCUT2D eigenvalue weighted by atomic mass is 10.3. The van der Waals surface area contributed by atoms with Crippen LogP contribution in [-0.4, -0.2) is 21.3 Å². The number of hydrogen-bond acceptors (Lipinski definition) is 2. The third kappa shape index (κ3) is 2.42. The Morgan fingerprint density at radius 3 is 2.56 bits per heavy atom. The summed E-state index contributed by atoms with van der Waals surface area (Å²) in [6, 6.07) is 8.06. The number of aliphatic hydroxyl groups is 1. The van der Waals surface area contributed by atoms with Gasteiger partial charge in [-0.1, -0.05) is 26.0 Å². The van der Waals surface area contributed by atoms with Crippen LogP contribution >= 0.6 is 0 Å². The van der Waals surface area contributed by atoms with E-state index in [0.717, 1.165) is 23.4 Å². The van der Waals surface area contributed by atoms with Crippen molar-refractivity contribution in [2.24, 2.45) is 0 Å². The van der Waals surface area contributed by atoms with Gasteiger partial charge in [-0.15, -0.1) is 0 Å². The summed E-state index contributed by atoms with van der Waals surface area (Å²) in [5.74, 6) is 0.969. The first-order valence-corrected chi connectivity index (χ1v) is 5.91. The van der Waals surface area contributed by atoms with Crippen LogP contribution in [0.25, 0.3) is 11.0 Å². The Morgan fingerprint density at radius 2 is 1.94 bits per heavy atom. The summed E-state index contributed by atoms with van der Waals surface area (Å²) in [6.45, 7) is 7.15. The number of rotatable bonds is 3. The Hall–Kier alpha value is -1.35. The zero-order valence-electron chi connectivity index (χ0n) is 10.3. The minimum Gasteiger partial charge on any atom is -0.396 e. The SMILES string of the molecule is CC.CCn1c(CCO)nc2ccccc21. The molecule has 1 aromatic heterocycles. The summed E-state index contributed by atoms with van der Waals surface area (Å²) in [5.41, 5.74) is 2.16. The first kappa shape index (κ1) is 12.7. The molecule has 0 aliphatic rings. The van der Waals surface area contributed by atoms with Gasteiger partial charge in [-0.2, -0.15) is 0 Å². The van der Waals surface area contributed by atoms with E-state index >= 15 is 0 Å². The van der Waals surface area contributed by atoms with Crippen LogP contribution in [-0.2, 0) is 13.0 Å². The first-order valence-electron chi connectivity index (χ1n) is 5.91. The van der Waals surface area contributed by atoms with Crippen molar-refractivity contribution in [1.29, 1.82) is 0 Å². The van der Waals surface area contributed by atoms with Gasteiger partial charge >= 0.3 is 0 Å². The van der Waals surface area contributed by atoms with Crippen molar-refractivity contribution in [3.05, 3.63) is 30.1 Å². The average molecular weight is 220 g/mol. The van der Waals surface area contributed by atoms with Crippen molar-refractivity contribution in [1.82, 2.24) is 9.55 Å². The molecule has 3 nitrogen and oxygen atoms in total. The van der Waals surface area contributed by atoms with Gasteiger partial charge in [0.25, 0.3) is 0 Å². The third-order valence-electron chi connectivity index (χ3n) is 2.39. The summed E-state index contributed by atoms with van der Waals surface area (Å²) in [4.78, 5) is 4.48. The third-order valence-corrected chi connectivity index (χ3v) is 2.39. The number of aliphatic hydroxyl groups excluding tert-OH is 1. The first-order chi connectivity index (χ1) is 7.86. The number of imidazole rings is 1. The minimum atomic E-state index is 0.156. The Bertz CT molecular complexity index is 434. The molecule has 88 valence electrons. The molecule has 0 aliphatic heterocycles. The van der Waals surface area contributed by atoms with Gasteiger partial charge in [-0.25, -0.2) is 4.98 Å². The highest BCUT2D eigenvalue weighted by molar-refractivity contribution is 5.75. The second kappa shape index (κ2) is 6.28. The summed E-state index contributed by atoms with van der Waals surface area (Å²) < 4.78 is 2.14. The predicted octanol–water partition coefficient (Wildman–Crippen LogP) is 2.62. The highest BCUT2D eigenvalue weighted by Gasteiger charge is 2.07. The Morgan fingerprint density at radius 1 is 1.25 bits per heavy atom. The number of nitrogens with zero attached hydrogens (tertiary/aromatic N) is 2. The fourth-order valence-electron chi connectivity index (χ4n) is 1.77. The second-order valence-electron chi connectivity index (χ2n) is 3.23. The lowest BCUT2D eigenvalue weighted by Crippen LogP contribution is -2.03. The van der Waals surface area contributed by atoms with Crippen LogP contribution in [0.5, 0.6) is 0 Å². The van der Waals surface area contributed by atoms with Gasteiger partial charge in [0, 0.05) is 13.0 Å². The maximum Gasteiger partial charge on any atom is 0.112 e. The fraction of sp³-hybridized carbons (Fsp3) is 0.462. The maximum absolute atomic E-state index is 8.91. The summed E-state index contributed by atoms with van der Waals surface area (Å²) in [6.07, 6.45) is 0.628. The van der Waals surface area contributed by atoms with Crippen molar-refractivity contribution in [3.8, 4) is 0 Å². The molecule has 0 saturated heterocycles. The van der Waals surface area contributed by atoms with Gasteiger partial charge < -0.3 is 9.67 Å². The molecule has 1 heterocycles. The lowest BCUT2D eigenvalue weighted by Gasteiger charge is -2.03. The highest BCUT2D eigenvalue weighted by Crippen LogP contribution is 2.15. The number of fused-ring (bicyclic) bond motifs is 1. The fourth-order valence-corrected chi connectivity index (χ4v) is 1.77. The van der Waals surface area contributed by atoms with E-state index in [0.29, 0.717) is 6.42 Å². The highest BCUT2D eigenvalue weighted by atomic mass is 16.3. The largest absolute Gasteiger partial charge is 0.396 e. The van der Waals surface area contributed by atoms with Gasteiger partial charge in [-0.3, -0.25) is 0 Å². The van der Waals surface area contributed by atoms with Crippen molar-refractivity contribution in [2.45, 2.75) is 33.7 Å². The Kier molecular flexibility index (Phi) is 4.99. The second-order valence-corrected chi connectivity index (χ2v) is 3.23. The van der Waals surface area contributed by atoms with E-state index in [4.69, 9.17) is 5.11 Å². The minimum absolute atomic E-state index is 0.156. The molecule has 3 heteroatoms. The normalized spacial score (nSPS) is 10.0. The summed E-state index contributed by atoms with van der Waals surface area (Å²) in [7, 11) is 0. The standard InChI is InChI=1S/C11H14N2O.C2H6/c1-2-13-10-6-4-3-5-9(10)12-11(13)7-8-14;1-2/h3-6,14H,2,7-8H2,1H3;1-2H3. The Labute approximate surface area is 96.7 Å². The van der Waals surface area contributed by atoms with Gasteiger partial charge in [0.15, 0.2) is 0 Å². The molecule has 1 N–H and O–H groups in total. The molecule has 2 aromatic rings. The monoisotopic (exact) mass is 220 g/mol. The van der Waals surface area contributed by atoms with Gasteiger partial charge in [0.1, 0.15) is 5.82 Å². The van der Waals surface area contributed by atoms with E-state index < -0.39 is 0 Å². The predicted molar refractivity (Wildman–Crippen MR) is 67.5 cm³/mol. The van der Waals surface area contributed by atoms with E-state index in [2.05, 4.69) is 22.5 Å². The quantitative estimate of drug-likeness (QED) is 0.863. The summed E-state index contributed by atoms with van der Waals surface area (Å²) >= 11 is 0. The molecular weight excluding hydrogens is 200 g/mol. The van der Waals surface area contributed by atoms with E-state index in [1.807, 2.05) is 32.0 Å². The van der Waals surface area contributed by atoms with Crippen LogP contribution in [0.1, 0.15) is 26.6 Å². The molecule has 0 bridgehead atoms. The van der Waals surface area contributed by atoms with E-state index in [1.54, 1.807) is 0 Å². The van der Waals surface area contributed by atoms with E-state index in [1.165, 1.54) is 0 Å². The Balaban J connectivity index is 0.000000606. The van der Waals surface area contributed by atoms with E-state index in [9.17, 15) is 0 Å². The number of aromatic nitrogens is 2.